The molecule has 0 aromatic heterocycles. The van der Waals surface area contributed by atoms with Gasteiger partial charge in [0.25, 0.3) is 5.79 Å². The molecule has 14 heteroatoms. The van der Waals surface area contributed by atoms with Crippen LogP contribution in [0.3, 0.4) is 0 Å². The van der Waals surface area contributed by atoms with Gasteiger partial charge < -0.3 is 38.5 Å². The van der Waals surface area contributed by atoms with Crippen molar-refractivity contribution in [2.75, 3.05) is 13.7 Å². The second kappa shape index (κ2) is 15.1. The number of benzene rings is 1. The number of ether oxygens (including phenoxy) is 7. The van der Waals surface area contributed by atoms with Crippen molar-refractivity contribution in [3.63, 3.8) is 0 Å². The number of methoxy groups -OCH3 is 1. The van der Waals surface area contributed by atoms with Gasteiger partial charge in [-0.05, 0) is 5.56 Å². The van der Waals surface area contributed by atoms with Gasteiger partial charge in [0.2, 0.25) is 5.91 Å². The first-order valence-corrected chi connectivity index (χ1v) is 12.6. The van der Waals surface area contributed by atoms with Crippen LogP contribution in [0.5, 0.6) is 0 Å². The van der Waals surface area contributed by atoms with Gasteiger partial charge in [-0.3, -0.25) is 24.0 Å². The molecule has 1 saturated heterocycles. The second-order valence-electron chi connectivity index (χ2n) is 9.20. The summed E-state index contributed by atoms with van der Waals surface area (Å²) in [4.78, 5) is 73.5. The molecule has 1 fully saturated rings. The summed E-state index contributed by atoms with van der Waals surface area (Å²) in [6.07, 6.45) is -6.38. The number of rotatable bonds is 12. The maximum absolute atomic E-state index is 13.5. The average Bonchev–Trinajstić information content (AvgIpc) is 2.89. The number of esters is 5. The normalized spacial score (nSPS) is 23.2. The summed E-state index contributed by atoms with van der Waals surface area (Å²) < 4.78 is 38.3. The molecule has 226 valence electrons. The number of nitrogens with one attached hydrogen (secondary N) is 1. The van der Waals surface area contributed by atoms with Crippen molar-refractivity contribution in [1.82, 2.24) is 5.32 Å². The van der Waals surface area contributed by atoms with E-state index in [-0.39, 0.29) is 6.61 Å². The summed E-state index contributed by atoms with van der Waals surface area (Å²) in [6.45, 7) is 4.78. The topological polar surface area (TPSA) is 179 Å². The fourth-order valence-electron chi connectivity index (χ4n) is 4.29. The van der Waals surface area contributed by atoms with E-state index in [1.54, 1.807) is 30.3 Å². The van der Waals surface area contributed by atoms with E-state index in [1.165, 1.54) is 6.92 Å². The molecule has 1 N–H and O–H groups in total. The maximum Gasteiger partial charge on any atom is 0.367 e. The molecule has 2 rings (SSSR count). The number of carbonyl (C=O) groups excluding carboxylic acids is 6. The maximum atomic E-state index is 13.5. The van der Waals surface area contributed by atoms with Gasteiger partial charge in [0.1, 0.15) is 25.4 Å². The zero-order valence-corrected chi connectivity index (χ0v) is 23.7. The Morgan fingerprint density at radius 1 is 0.902 bits per heavy atom. The fraction of sp³-hybridized carbons (Fsp3) is 0.556. The molecule has 14 nitrogen and oxygen atoms in total. The van der Waals surface area contributed by atoms with Crippen molar-refractivity contribution in [3.05, 3.63) is 35.9 Å². The molecular formula is C27H35NO13. The van der Waals surface area contributed by atoms with Crippen molar-refractivity contribution in [2.24, 2.45) is 0 Å². The van der Waals surface area contributed by atoms with Crippen LogP contribution >= 0.6 is 0 Å². The molecule has 41 heavy (non-hydrogen) atoms. The number of amides is 1. The van der Waals surface area contributed by atoms with Crippen LogP contribution in [0.15, 0.2) is 30.3 Å². The summed E-state index contributed by atoms with van der Waals surface area (Å²) in [5.74, 6) is -7.06. The largest absolute Gasteiger partial charge is 0.462 e. The SMILES string of the molecule is CO[C@@]1(C(=O)OCc2ccccc2)C[C@H](OC(C)=O)[C@@H](NC(C)=O)[C@H]([C@H](OC(C)=O)[C@@H](COC(C)=O)OC(C)=O)O1. The van der Waals surface area contributed by atoms with Crippen LogP contribution in [0.2, 0.25) is 0 Å². The summed E-state index contributed by atoms with van der Waals surface area (Å²) in [5, 5.41) is 2.58. The lowest BCUT2D eigenvalue weighted by molar-refractivity contribution is -0.308. The third-order valence-electron chi connectivity index (χ3n) is 5.85. The predicted molar refractivity (Wildman–Crippen MR) is 136 cm³/mol. The molecule has 0 saturated carbocycles. The van der Waals surface area contributed by atoms with E-state index < -0.39 is 85.0 Å². The zero-order chi connectivity index (χ0) is 30.7. The van der Waals surface area contributed by atoms with Gasteiger partial charge in [-0.25, -0.2) is 4.79 Å². The van der Waals surface area contributed by atoms with E-state index in [0.717, 1.165) is 34.8 Å². The number of hydrogen-bond donors (Lipinski definition) is 1. The smallest absolute Gasteiger partial charge is 0.367 e. The third-order valence-corrected chi connectivity index (χ3v) is 5.85. The molecule has 1 aliphatic rings. The van der Waals surface area contributed by atoms with E-state index >= 15 is 0 Å². The molecule has 6 atom stereocenters. The lowest BCUT2D eigenvalue weighted by atomic mass is 9.88. The van der Waals surface area contributed by atoms with E-state index in [2.05, 4.69) is 5.32 Å². The molecule has 1 aromatic rings. The minimum Gasteiger partial charge on any atom is -0.462 e. The van der Waals surface area contributed by atoms with Gasteiger partial charge in [-0.2, -0.15) is 0 Å². The molecule has 0 radical (unpaired) electrons. The van der Waals surface area contributed by atoms with Crippen molar-refractivity contribution in [1.29, 1.82) is 0 Å². The summed E-state index contributed by atoms with van der Waals surface area (Å²) in [5.41, 5.74) is 0.654. The Kier molecular flexibility index (Phi) is 12.2. The standard InChI is InChI=1S/C27H35NO13/c1-15(29)28-23-21(38-17(3)31)12-27(35-6,26(34)37-13-20-10-8-7-9-11-20)41-25(23)24(40-19(5)33)22(39-18(4)32)14-36-16(2)30/h7-11,21-25H,12-14H2,1-6H3,(H,28,29)/t21-,22+,23+,24+,25+,27-/m0/s1. The predicted octanol–water partition coefficient (Wildman–Crippen LogP) is 0.724. The molecule has 0 aliphatic carbocycles. The summed E-state index contributed by atoms with van der Waals surface area (Å²) >= 11 is 0. The highest BCUT2D eigenvalue weighted by Crippen LogP contribution is 2.37. The van der Waals surface area contributed by atoms with E-state index in [0.29, 0.717) is 5.56 Å². The minimum absolute atomic E-state index is 0.165. The molecule has 1 aromatic carbocycles. The Bertz CT molecular complexity index is 1110. The second-order valence-corrected chi connectivity index (χ2v) is 9.20. The monoisotopic (exact) mass is 581 g/mol. The van der Waals surface area contributed by atoms with Crippen molar-refractivity contribution in [2.45, 2.75) is 83.9 Å². The highest BCUT2D eigenvalue weighted by Gasteiger charge is 2.59. The van der Waals surface area contributed by atoms with E-state index in [1.807, 2.05) is 0 Å². The van der Waals surface area contributed by atoms with Crippen molar-refractivity contribution < 1.29 is 61.9 Å². The molecule has 0 bridgehead atoms. The molecule has 1 amide bonds. The average molecular weight is 582 g/mol. The molecular weight excluding hydrogens is 546 g/mol. The Morgan fingerprint density at radius 3 is 2.05 bits per heavy atom. The van der Waals surface area contributed by atoms with Gasteiger partial charge in [0.05, 0.1) is 12.5 Å². The van der Waals surface area contributed by atoms with Crippen LogP contribution in [0, 0.1) is 0 Å². The van der Waals surface area contributed by atoms with Crippen LogP contribution in [-0.2, 0) is 68.5 Å². The van der Waals surface area contributed by atoms with Gasteiger partial charge >= 0.3 is 29.8 Å². The van der Waals surface area contributed by atoms with Gasteiger partial charge in [0, 0.05) is 41.7 Å². The van der Waals surface area contributed by atoms with E-state index in [9.17, 15) is 28.8 Å². The Hall–Kier alpha value is -4.04. The van der Waals surface area contributed by atoms with Crippen LogP contribution < -0.4 is 5.32 Å². The van der Waals surface area contributed by atoms with Crippen LogP contribution in [0.25, 0.3) is 0 Å². The van der Waals surface area contributed by atoms with Crippen molar-refractivity contribution in [3.8, 4) is 0 Å². The first-order valence-electron chi connectivity index (χ1n) is 12.6. The summed E-state index contributed by atoms with van der Waals surface area (Å²) in [7, 11) is 1.15. The number of carbonyl (C=O) groups is 6. The van der Waals surface area contributed by atoms with Gasteiger partial charge in [-0.15, -0.1) is 0 Å². The van der Waals surface area contributed by atoms with Crippen LogP contribution in [-0.4, -0.2) is 85.7 Å². The molecule has 1 heterocycles. The Morgan fingerprint density at radius 2 is 1.54 bits per heavy atom. The van der Waals surface area contributed by atoms with Gasteiger partial charge in [-0.1, -0.05) is 30.3 Å². The van der Waals surface area contributed by atoms with Crippen molar-refractivity contribution >= 4 is 35.8 Å². The zero-order valence-electron chi connectivity index (χ0n) is 23.7. The number of hydrogen-bond acceptors (Lipinski definition) is 13. The first-order chi connectivity index (χ1) is 19.3. The lowest BCUT2D eigenvalue weighted by Gasteiger charge is -2.48. The fourth-order valence-corrected chi connectivity index (χ4v) is 4.29. The lowest BCUT2D eigenvalue weighted by Crippen LogP contribution is -2.69. The first kappa shape index (κ1) is 33.2. The Balaban J connectivity index is 2.62. The highest BCUT2D eigenvalue weighted by molar-refractivity contribution is 5.79. The third kappa shape index (κ3) is 9.83. The Labute approximate surface area is 236 Å². The van der Waals surface area contributed by atoms with Gasteiger partial charge in [0.15, 0.2) is 12.2 Å². The summed E-state index contributed by atoms with van der Waals surface area (Å²) in [6, 6.07) is 7.47. The minimum atomic E-state index is -2.24. The van der Waals surface area contributed by atoms with Crippen LogP contribution in [0.4, 0.5) is 0 Å². The van der Waals surface area contributed by atoms with Crippen LogP contribution in [0.1, 0.15) is 46.6 Å². The van der Waals surface area contributed by atoms with E-state index in [4.69, 9.17) is 33.2 Å². The molecule has 1 aliphatic heterocycles. The quantitative estimate of drug-likeness (QED) is 0.270. The highest BCUT2D eigenvalue weighted by atomic mass is 16.7. The molecule has 0 spiro atoms. The molecule has 0 unspecified atom stereocenters.